The fraction of sp³-hybridized carbons (Fsp3) is 0.375. The Bertz CT molecular complexity index is 983. The lowest BCUT2D eigenvalue weighted by molar-refractivity contribution is -0.110. The molecule has 1 saturated heterocycles. The number of fused-ring (bicyclic) bond motifs is 1. The van der Waals surface area contributed by atoms with E-state index in [-0.39, 0.29) is 11.7 Å². The van der Waals surface area contributed by atoms with Crippen molar-refractivity contribution in [3.05, 3.63) is 59.5 Å². The molecule has 1 fully saturated rings. The smallest absolute Gasteiger partial charge is 0.257 e. The minimum Gasteiger partial charge on any atom is -0.370 e. The first kappa shape index (κ1) is 20.4. The minimum absolute atomic E-state index is 0.226. The van der Waals surface area contributed by atoms with E-state index in [4.69, 9.17) is 0 Å². The van der Waals surface area contributed by atoms with Crippen LogP contribution in [0.5, 0.6) is 0 Å². The quantitative estimate of drug-likeness (QED) is 0.693. The zero-order valence-electron chi connectivity index (χ0n) is 17.8. The molecule has 0 spiro atoms. The molecule has 4 rings (SSSR count). The minimum atomic E-state index is -0.361. The second kappa shape index (κ2) is 8.48. The molecule has 2 N–H and O–H groups in total. The lowest BCUT2D eigenvalue weighted by atomic mass is 10.1. The van der Waals surface area contributed by atoms with Crippen LogP contribution in [0.4, 0.5) is 21.5 Å². The van der Waals surface area contributed by atoms with Crippen LogP contribution in [-0.4, -0.2) is 43.0 Å². The normalized spacial score (nSPS) is 19.5. The van der Waals surface area contributed by atoms with Crippen molar-refractivity contribution >= 4 is 28.5 Å². The van der Waals surface area contributed by atoms with Crippen molar-refractivity contribution in [2.45, 2.75) is 33.2 Å². The molecule has 0 bridgehead atoms. The van der Waals surface area contributed by atoms with Crippen molar-refractivity contribution in [2.75, 3.05) is 41.7 Å². The van der Waals surface area contributed by atoms with Crippen LogP contribution in [0.1, 0.15) is 31.4 Å². The molecule has 158 valence electrons. The predicted molar refractivity (Wildman–Crippen MR) is 121 cm³/mol. The van der Waals surface area contributed by atoms with E-state index in [9.17, 15) is 9.18 Å². The Hall–Kier alpha value is -2.86. The third-order valence-corrected chi connectivity index (χ3v) is 6.18. The number of nitrogens with zero attached hydrogens (tertiary/aromatic N) is 2. The number of amides is 1. The topological polar surface area (TPSA) is 47.6 Å². The highest BCUT2D eigenvalue weighted by molar-refractivity contribution is 6.31. The van der Waals surface area contributed by atoms with E-state index < -0.39 is 0 Å². The van der Waals surface area contributed by atoms with Gasteiger partial charge in [-0.1, -0.05) is 13.8 Å². The van der Waals surface area contributed by atoms with Crippen LogP contribution in [0, 0.1) is 12.7 Å². The molecule has 0 saturated carbocycles. The third-order valence-electron chi connectivity index (χ3n) is 6.18. The molecule has 1 amide bonds. The summed E-state index contributed by atoms with van der Waals surface area (Å²) in [6, 6.07) is 11.3. The van der Waals surface area contributed by atoms with Gasteiger partial charge in [0, 0.05) is 42.3 Å². The van der Waals surface area contributed by atoms with E-state index in [0.717, 1.165) is 31.9 Å². The Balaban J connectivity index is 1.47. The predicted octanol–water partition coefficient (Wildman–Crippen LogP) is 4.46. The highest BCUT2D eigenvalue weighted by Crippen LogP contribution is 2.33. The highest BCUT2D eigenvalue weighted by atomic mass is 19.1. The SMILES string of the molecule is CCN(CC)C1CCN(c2ccc(N/C=C3\C(=O)Nc4cc(F)ccc43)cc2C)C1. The maximum absolute atomic E-state index is 13.4. The van der Waals surface area contributed by atoms with Crippen molar-refractivity contribution in [3.8, 4) is 0 Å². The number of hydrogen-bond donors (Lipinski definition) is 2. The van der Waals surface area contributed by atoms with Crippen molar-refractivity contribution < 1.29 is 9.18 Å². The van der Waals surface area contributed by atoms with Crippen LogP contribution in [0.2, 0.25) is 0 Å². The van der Waals surface area contributed by atoms with E-state index in [2.05, 4.69) is 53.3 Å². The van der Waals surface area contributed by atoms with Crippen molar-refractivity contribution in [1.82, 2.24) is 4.90 Å². The Kier molecular flexibility index (Phi) is 5.77. The molecule has 2 aliphatic heterocycles. The number of halogens is 1. The van der Waals surface area contributed by atoms with Crippen molar-refractivity contribution in [2.24, 2.45) is 0 Å². The summed E-state index contributed by atoms with van der Waals surface area (Å²) < 4.78 is 13.4. The van der Waals surface area contributed by atoms with Gasteiger partial charge in [0.15, 0.2) is 0 Å². The monoisotopic (exact) mass is 408 g/mol. The number of anilines is 3. The van der Waals surface area contributed by atoms with Gasteiger partial charge < -0.3 is 15.5 Å². The maximum atomic E-state index is 13.4. The summed E-state index contributed by atoms with van der Waals surface area (Å²) in [7, 11) is 0. The fourth-order valence-electron chi connectivity index (χ4n) is 4.56. The van der Waals surface area contributed by atoms with E-state index >= 15 is 0 Å². The van der Waals surface area contributed by atoms with Gasteiger partial charge in [-0.05, 0) is 68.4 Å². The Morgan fingerprint density at radius 1 is 1.23 bits per heavy atom. The van der Waals surface area contributed by atoms with Gasteiger partial charge in [0.1, 0.15) is 5.82 Å². The Morgan fingerprint density at radius 3 is 2.77 bits per heavy atom. The van der Waals surface area contributed by atoms with Gasteiger partial charge in [0.25, 0.3) is 5.91 Å². The number of carbonyl (C=O) groups excluding carboxylic acids is 1. The molecule has 0 aromatic heterocycles. The average molecular weight is 409 g/mol. The first-order valence-corrected chi connectivity index (χ1v) is 10.7. The summed E-state index contributed by atoms with van der Waals surface area (Å²) in [5.41, 5.74) is 5.12. The van der Waals surface area contributed by atoms with E-state index in [1.165, 1.54) is 29.8 Å². The first-order valence-electron chi connectivity index (χ1n) is 10.7. The summed E-state index contributed by atoms with van der Waals surface area (Å²) in [5, 5.41) is 5.94. The number of aryl methyl sites for hydroxylation is 1. The van der Waals surface area contributed by atoms with Crippen LogP contribution in [0.3, 0.4) is 0 Å². The molecule has 2 heterocycles. The van der Waals surface area contributed by atoms with Crippen LogP contribution >= 0.6 is 0 Å². The van der Waals surface area contributed by atoms with Crippen LogP contribution in [0.15, 0.2) is 42.6 Å². The molecule has 1 unspecified atom stereocenters. The maximum Gasteiger partial charge on any atom is 0.257 e. The second-order valence-corrected chi connectivity index (χ2v) is 7.96. The zero-order chi connectivity index (χ0) is 21.3. The van der Waals surface area contributed by atoms with Gasteiger partial charge in [0.2, 0.25) is 0 Å². The lowest BCUT2D eigenvalue weighted by Gasteiger charge is -2.27. The number of nitrogens with one attached hydrogen (secondary N) is 2. The second-order valence-electron chi connectivity index (χ2n) is 7.96. The molecule has 2 aromatic rings. The van der Waals surface area contributed by atoms with Crippen LogP contribution in [-0.2, 0) is 4.79 Å². The summed E-state index contributed by atoms with van der Waals surface area (Å²) in [5.74, 6) is -0.587. The Labute approximate surface area is 177 Å². The number of benzene rings is 2. The first-order chi connectivity index (χ1) is 14.5. The molecule has 0 radical (unpaired) electrons. The molecule has 30 heavy (non-hydrogen) atoms. The van der Waals surface area contributed by atoms with Crippen molar-refractivity contribution in [1.29, 1.82) is 0 Å². The van der Waals surface area contributed by atoms with E-state index in [1.54, 1.807) is 12.3 Å². The summed E-state index contributed by atoms with van der Waals surface area (Å²) in [6.07, 6.45) is 2.89. The number of rotatable bonds is 6. The Morgan fingerprint density at radius 2 is 2.03 bits per heavy atom. The van der Waals surface area contributed by atoms with Gasteiger partial charge in [-0.15, -0.1) is 0 Å². The number of likely N-dealkylation sites (N-methyl/N-ethyl adjacent to an activating group) is 1. The van der Waals surface area contributed by atoms with Gasteiger partial charge in [0.05, 0.1) is 11.3 Å². The molecule has 5 nitrogen and oxygen atoms in total. The molecule has 2 aromatic carbocycles. The standard InChI is InChI=1S/C24H29FN4O/c1-4-28(5-2)19-10-11-29(15-19)23-9-7-18(12-16(23)3)26-14-21-20-8-6-17(25)13-22(20)27-24(21)30/h6-9,12-14,19,26H,4-5,10-11,15H2,1-3H3,(H,27,30)/b21-14-. The van der Waals surface area contributed by atoms with Gasteiger partial charge in [-0.2, -0.15) is 0 Å². The van der Waals surface area contributed by atoms with Gasteiger partial charge in [-0.3, -0.25) is 9.69 Å². The summed E-state index contributed by atoms with van der Waals surface area (Å²) in [6.45, 7) is 10.9. The van der Waals surface area contributed by atoms with E-state index in [0.29, 0.717) is 22.9 Å². The summed E-state index contributed by atoms with van der Waals surface area (Å²) >= 11 is 0. The number of carbonyl (C=O) groups is 1. The highest BCUT2D eigenvalue weighted by Gasteiger charge is 2.27. The zero-order valence-corrected chi connectivity index (χ0v) is 17.8. The largest absolute Gasteiger partial charge is 0.370 e. The molecular weight excluding hydrogens is 379 g/mol. The average Bonchev–Trinajstić information content (AvgIpc) is 3.31. The fourth-order valence-corrected chi connectivity index (χ4v) is 4.56. The molecule has 6 heteroatoms. The van der Waals surface area contributed by atoms with Crippen LogP contribution in [0.25, 0.3) is 5.57 Å². The van der Waals surface area contributed by atoms with Gasteiger partial charge >= 0.3 is 0 Å². The third kappa shape index (κ3) is 3.92. The molecule has 1 atom stereocenters. The number of hydrogen-bond acceptors (Lipinski definition) is 4. The van der Waals surface area contributed by atoms with Gasteiger partial charge in [-0.25, -0.2) is 4.39 Å². The molecule has 2 aliphatic rings. The summed E-state index contributed by atoms with van der Waals surface area (Å²) in [4.78, 5) is 17.2. The molecular formula is C24H29FN4O. The van der Waals surface area contributed by atoms with Crippen LogP contribution < -0.4 is 15.5 Å². The lowest BCUT2D eigenvalue weighted by Crippen LogP contribution is -2.37. The molecule has 0 aliphatic carbocycles. The van der Waals surface area contributed by atoms with Crippen molar-refractivity contribution in [3.63, 3.8) is 0 Å². The van der Waals surface area contributed by atoms with E-state index in [1.807, 2.05) is 6.07 Å².